The molecule has 0 rings (SSSR count). The highest BCUT2D eigenvalue weighted by Gasteiger charge is 2.14. The summed E-state index contributed by atoms with van der Waals surface area (Å²) in [5.74, 6) is 0. The average Bonchev–Trinajstić information content (AvgIpc) is 2.11. The van der Waals surface area contributed by atoms with Gasteiger partial charge in [0.2, 0.25) is 0 Å². The second-order valence-corrected chi connectivity index (χ2v) is 4.34. The number of nitrogens with one attached hydrogen (secondary N) is 1. The van der Waals surface area contributed by atoms with Crippen LogP contribution in [-0.4, -0.2) is 19.4 Å². The minimum Gasteiger partial charge on any atom is -0.316 e. The lowest BCUT2D eigenvalue weighted by Crippen LogP contribution is -2.31. The van der Waals surface area contributed by atoms with E-state index in [1.54, 1.807) is 0 Å². The largest absolute Gasteiger partial charge is 0.316 e. The van der Waals surface area contributed by atoms with E-state index >= 15 is 0 Å². The van der Waals surface area contributed by atoms with Crippen LogP contribution in [0.1, 0.15) is 46.5 Å². The summed E-state index contributed by atoms with van der Waals surface area (Å²) >= 11 is 0. The molecule has 0 fully saturated rings. The third-order valence-corrected chi connectivity index (χ3v) is 2.11. The molecule has 0 radical (unpaired) electrons. The molecule has 0 spiro atoms. The van der Waals surface area contributed by atoms with Gasteiger partial charge in [0.15, 0.2) is 0 Å². The maximum atomic E-state index is 10.6. The van der Waals surface area contributed by atoms with Crippen molar-refractivity contribution in [2.75, 3.05) is 13.1 Å². The summed E-state index contributed by atoms with van der Waals surface area (Å²) in [6.07, 6.45) is 6.14. The van der Waals surface area contributed by atoms with Crippen LogP contribution in [0.4, 0.5) is 0 Å². The molecule has 0 aromatic rings. The van der Waals surface area contributed by atoms with Crippen LogP contribution in [0, 0.1) is 5.41 Å². The van der Waals surface area contributed by atoms with Gasteiger partial charge in [-0.1, -0.05) is 40.0 Å². The zero-order valence-corrected chi connectivity index (χ0v) is 9.23. The van der Waals surface area contributed by atoms with Crippen molar-refractivity contribution in [3.63, 3.8) is 0 Å². The third kappa shape index (κ3) is 7.97. The molecule has 2 heteroatoms. The van der Waals surface area contributed by atoms with E-state index < -0.39 is 0 Å². The van der Waals surface area contributed by atoms with Crippen LogP contribution in [0.2, 0.25) is 0 Å². The Morgan fingerprint density at radius 3 is 2.46 bits per heavy atom. The molecule has 0 saturated heterocycles. The zero-order valence-electron chi connectivity index (χ0n) is 9.23. The van der Waals surface area contributed by atoms with E-state index in [-0.39, 0.29) is 5.41 Å². The van der Waals surface area contributed by atoms with Crippen LogP contribution in [0.3, 0.4) is 0 Å². The highest BCUT2D eigenvalue weighted by molar-refractivity contribution is 5.58. The van der Waals surface area contributed by atoms with Crippen LogP contribution >= 0.6 is 0 Å². The van der Waals surface area contributed by atoms with E-state index in [9.17, 15) is 4.79 Å². The Balaban J connectivity index is 3.20. The predicted molar refractivity (Wildman–Crippen MR) is 56.9 cm³/mol. The molecular weight excluding hydrogens is 162 g/mol. The molecule has 0 atom stereocenters. The molecular formula is C11H23NO. The van der Waals surface area contributed by atoms with E-state index in [0.717, 1.165) is 19.4 Å². The number of carbonyl (C=O) groups excluding carboxylic acids is 1. The third-order valence-electron chi connectivity index (χ3n) is 2.11. The SMILES string of the molecule is CCCCCCNCC(C)(C)C=O. The van der Waals surface area contributed by atoms with E-state index in [1.165, 1.54) is 25.7 Å². The van der Waals surface area contributed by atoms with Gasteiger partial charge in [-0.25, -0.2) is 0 Å². The zero-order chi connectivity index (χ0) is 10.2. The minimum absolute atomic E-state index is 0.204. The fraction of sp³-hybridized carbons (Fsp3) is 0.909. The van der Waals surface area contributed by atoms with Crippen molar-refractivity contribution in [1.29, 1.82) is 0 Å². The van der Waals surface area contributed by atoms with E-state index in [4.69, 9.17) is 0 Å². The maximum Gasteiger partial charge on any atom is 0.126 e. The first kappa shape index (κ1) is 12.6. The number of hydrogen-bond acceptors (Lipinski definition) is 2. The normalized spacial score (nSPS) is 11.6. The Morgan fingerprint density at radius 2 is 1.92 bits per heavy atom. The predicted octanol–water partition coefficient (Wildman–Crippen LogP) is 2.38. The van der Waals surface area contributed by atoms with Crippen molar-refractivity contribution in [1.82, 2.24) is 5.32 Å². The van der Waals surface area contributed by atoms with Crippen LogP contribution in [0.25, 0.3) is 0 Å². The maximum absolute atomic E-state index is 10.6. The molecule has 2 nitrogen and oxygen atoms in total. The molecule has 0 aromatic carbocycles. The molecule has 13 heavy (non-hydrogen) atoms. The van der Waals surface area contributed by atoms with Crippen molar-refractivity contribution in [2.24, 2.45) is 5.41 Å². The van der Waals surface area contributed by atoms with Gasteiger partial charge < -0.3 is 10.1 Å². The average molecular weight is 185 g/mol. The van der Waals surface area contributed by atoms with Gasteiger partial charge in [-0.15, -0.1) is 0 Å². The van der Waals surface area contributed by atoms with E-state index in [1.807, 2.05) is 13.8 Å². The van der Waals surface area contributed by atoms with Crippen LogP contribution in [-0.2, 0) is 4.79 Å². The lowest BCUT2D eigenvalue weighted by molar-refractivity contribution is -0.114. The molecule has 1 N–H and O–H groups in total. The van der Waals surface area contributed by atoms with Gasteiger partial charge in [-0.3, -0.25) is 0 Å². The monoisotopic (exact) mass is 185 g/mol. The molecule has 0 unspecified atom stereocenters. The van der Waals surface area contributed by atoms with Crippen molar-refractivity contribution in [3.8, 4) is 0 Å². The van der Waals surface area contributed by atoms with Crippen molar-refractivity contribution in [2.45, 2.75) is 46.5 Å². The summed E-state index contributed by atoms with van der Waals surface area (Å²) in [6.45, 7) is 7.96. The Labute approximate surface area is 82.1 Å². The summed E-state index contributed by atoms with van der Waals surface area (Å²) < 4.78 is 0. The van der Waals surface area contributed by atoms with Gasteiger partial charge in [-0.05, 0) is 13.0 Å². The van der Waals surface area contributed by atoms with Crippen LogP contribution < -0.4 is 5.32 Å². The first-order valence-corrected chi connectivity index (χ1v) is 5.29. The molecule has 0 aromatic heterocycles. The fourth-order valence-electron chi connectivity index (χ4n) is 1.13. The van der Waals surface area contributed by atoms with Crippen molar-refractivity contribution >= 4 is 6.29 Å². The van der Waals surface area contributed by atoms with Crippen molar-refractivity contribution < 1.29 is 4.79 Å². The quantitative estimate of drug-likeness (QED) is 0.464. The second-order valence-electron chi connectivity index (χ2n) is 4.34. The molecule has 78 valence electrons. The Kier molecular flexibility index (Phi) is 6.87. The molecule has 0 aliphatic heterocycles. The highest BCUT2D eigenvalue weighted by atomic mass is 16.1. The van der Waals surface area contributed by atoms with E-state index in [2.05, 4.69) is 12.2 Å². The smallest absolute Gasteiger partial charge is 0.126 e. The van der Waals surface area contributed by atoms with Gasteiger partial charge >= 0.3 is 0 Å². The number of hydrogen-bond donors (Lipinski definition) is 1. The fourth-order valence-corrected chi connectivity index (χ4v) is 1.13. The van der Waals surface area contributed by atoms with Crippen LogP contribution in [0.15, 0.2) is 0 Å². The highest BCUT2D eigenvalue weighted by Crippen LogP contribution is 2.08. The molecule has 0 bridgehead atoms. The number of rotatable bonds is 8. The molecule has 0 saturated carbocycles. The van der Waals surface area contributed by atoms with Crippen LogP contribution in [0.5, 0.6) is 0 Å². The topological polar surface area (TPSA) is 29.1 Å². The molecule has 0 amide bonds. The van der Waals surface area contributed by atoms with Gasteiger partial charge in [0.05, 0.1) is 0 Å². The summed E-state index contributed by atoms with van der Waals surface area (Å²) in [5.41, 5.74) is -0.204. The number of carbonyl (C=O) groups is 1. The van der Waals surface area contributed by atoms with Crippen molar-refractivity contribution in [3.05, 3.63) is 0 Å². The number of aldehydes is 1. The summed E-state index contributed by atoms with van der Waals surface area (Å²) in [4.78, 5) is 10.6. The van der Waals surface area contributed by atoms with E-state index in [0.29, 0.717) is 0 Å². The standard InChI is InChI=1S/C11H23NO/c1-4-5-6-7-8-12-9-11(2,3)10-13/h10,12H,4-9H2,1-3H3. The van der Waals surface area contributed by atoms with Gasteiger partial charge in [0, 0.05) is 12.0 Å². The summed E-state index contributed by atoms with van der Waals surface area (Å²) in [6, 6.07) is 0. The molecule has 0 aliphatic rings. The Bertz CT molecular complexity index is 132. The minimum atomic E-state index is -0.204. The molecule has 0 aliphatic carbocycles. The van der Waals surface area contributed by atoms with Gasteiger partial charge in [0.25, 0.3) is 0 Å². The Hall–Kier alpha value is -0.370. The second kappa shape index (κ2) is 7.07. The first-order chi connectivity index (χ1) is 6.12. The lowest BCUT2D eigenvalue weighted by Gasteiger charge is -2.17. The summed E-state index contributed by atoms with van der Waals surface area (Å²) in [5, 5.41) is 3.30. The first-order valence-electron chi connectivity index (χ1n) is 5.29. The number of unbranched alkanes of at least 4 members (excludes halogenated alkanes) is 3. The lowest BCUT2D eigenvalue weighted by atomic mass is 9.96. The Morgan fingerprint density at radius 1 is 1.23 bits per heavy atom. The van der Waals surface area contributed by atoms with Gasteiger partial charge in [0.1, 0.15) is 6.29 Å². The summed E-state index contributed by atoms with van der Waals surface area (Å²) in [7, 11) is 0. The van der Waals surface area contributed by atoms with Gasteiger partial charge in [-0.2, -0.15) is 0 Å². The molecule has 0 heterocycles.